The molecule has 0 fully saturated rings. The summed E-state index contributed by atoms with van der Waals surface area (Å²) < 4.78 is 0. The van der Waals surface area contributed by atoms with E-state index in [1.165, 1.54) is 0 Å². The summed E-state index contributed by atoms with van der Waals surface area (Å²) in [5.74, 6) is -4.43. The van der Waals surface area contributed by atoms with E-state index in [9.17, 15) is 24.3 Å². The number of nitrogens with two attached hydrogens (primary N) is 4. The highest BCUT2D eigenvalue weighted by molar-refractivity contribution is 5.74. The smallest absolute Gasteiger partial charge is 0.320 e. The number of unbranched alkanes of at least 4 members (excludes halogenated alkanes) is 1. The van der Waals surface area contributed by atoms with Gasteiger partial charge in [-0.25, -0.2) is 0 Å². The van der Waals surface area contributed by atoms with Crippen LogP contribution in [-0.2, 0) is 19.2 Å². The molecule has 0 aromatic rings. The normalized spacial score (nSPS) is 16.9. The van der Waals surface area contributed by atoms with Gasteiger partial charge in [-0.2, -0.15) is 0 Å². The Balaban J connectivity index is 3.09. The van der Waals surface area contributed by atoms with Gasteiger partial charge in [0.1, 0.15) is 24.2 Å². The van der Waals surface area contributed by atoms with Gasteiger partial charge in [0.05, 0.1) is 0 Å². The van der Waals surface area contributed by atoms with Crippen molar-refractivity contribution in [1.82, 2.24) is 10.0 Å². The number of carboxylic acids is 4. The van der Waals surface area contributed by atoms with E-state index < -0.39 is 48.0 Å². The average Bonchev–Trinajstić information content (AvgIpc) is 2.83. The Bertz CT molecular complexity index is 864. The summed E-state index contributed by atoms with van der Waals surface area (Å²) in [6.45, 7) is 0.857. The van der Waals surface area contributed by atoms with Crippen LogP contribution in [0.3, 0.4) is 0 Å². The van der Waals surface area contributed by atoms with Crippen molar-refractivity contribution >= 4 is 23.9 Å². The van der Waals surface area contributed by atoms with Crippen LogP contribution in [0.15, 0.2) is 23.5 Å². The maximum Gasteiger partial charge on any atom is 0.320 e. The zero-order valence-corrected chi connectivity index (χ0v) is 20.9. The first-order chi connectivity index (χ1) is 17.3. The Labute approximate surface area is 215 Å². The molecular weight excluding hydrogens is 488 g/mol. The van der Waals surface area contributed by atoms with Crippen molar-refractivity contribution in [3.63, 3.8) is 0 Å². The standard InChI is InChI=1S/C23H40N6O8/c24-16(20(30)31)4-1-2-10-28-13-14(6-8-18(26)22(34)35)12-15(7-9-19(27)23(36)37)29(28)11-3-5-17(25)21(32)33/h12-13,16-19H,1-11,24-27H2,(H,30,31)(H,32,33)(H,34,35)(H,36,37)/t16-,17-,18-,19-/m0/s1. The third-order valence-corrected chi connectivity index (χ3v) is 6.07. The Kier molecular flexibility index (Phi) is 13.6. The summed E-state index contributed by atoms with van der Waals surface area (Å²) in [6.07, 6.45) is 6.76. The second-order valence-corrected chi connectivity index (χ2v) is 9.12. The lowest BCUT2D eigenvalue weighted by molar-refractivity contribution is -0.139. The highest BCUT2D eigenvalue weighted by Crippen LogP contribution is 2.27. The van der Waals surface area contributed by atoms with Gasteiger partial charge in [0.2, 0.25) is 0 Å². The van der Waals surface area contributed by atoms with Crippen molar-refractivity contribution in [3.8, 4) is 0 Å². The van der Waals surface area contributed by atoms with E-state index in [4.69, 9.17) is 38.3 Å². The molecular formula is C23H40N6O8. The Morgan fingerprint density at radius 3 is 1.62 bits per heavy atom. The maximum atomic E-state index is 11.2. The molecule has 4 atom stereocenters. The molecule has 14 heteroatoms. The van der Waals surface area contributed by atoms with Gasteiger partial charge in [-0.1, -0.05) is 0 Å². The lowest BCUT2D eigenvalue weighted by atomic mass is 10.0. The van der Waals surface area contributed by atoms with Gasteiger partial charge in [0.15, 0.2) is 0 Å². The molecule has 1 heterocycles. The Hall–Kier alpha value is -3.20. The number of rotatable bonds is 19. The van der Waals surface area contributed by atoms with E-state index in [-0.39, 0.29) is 25.7 Å². The van der Waals surface area contributed by atoms with Crippen LogP contribution in [0.1, 0.15) is 57.8 Å². The van der Waals surface area contributed by atoms with Crippen LogP contribution in [0.25, 0.3) is 0 Å². The number of carbonyl (C=O) groups is 4. The molecule has 1 rings (SSSR count). The van der Waals surface area contributed by atoms with Crippen LogP contribution in [0, 0.1) is 0 Å². The van der Waals surface area contributed by atoms with Crippen molar-refractivity contribution in [2.45, 2.75) is 82.0 Å². The molecule has 37 heavy (non-hydrogen) atoms. The van der Waals surface area contributed by atoms with Gasteiger partial charge >= 0.3 is 23.9 Å². The first-order valence-electron chi connectivity index (χ1n) is 12.2. The highest BCUT2D eigenvalue weighted by atomic mass is 16.4. The van der Waals surface area contributed by atoms with Crippen LogP contribution < -0.4 is 22.9 Å². The molecule has 1 aliphatic heterocycles. The molecule has 12 N–H and O–H groups in total. The van der Waals surface area contributed by atoms with Crippen molar-refractivity contribution in [1.29, 1.82) is 0 Å². The number of hydrazine groups is 1. The molecule has 210 valence electrons. The largest absolute Gasteiger partial charge is 0.480 e. The molecule has 0 unspecified atom stereocenters. The van der Waals surface area contributed by atoms with Crippen molar-refractivity contribution in [3.05, 3.63) is 23.5 Å². The molecule has 0 saturated carbocycles. The SMILES string of the molecule is N[C@@H](CCCCN1C=C(CC[C@H](N)C(=O)O)C=C(CC[C@H](N)C(=O)O)N1CCC[C@H](N)C(=O)O)C(=O)O. The van der Waals surface area contributed by atoms with E-state index in [1.54, 1.807) is 0 Å². The molecule has 0 amide bonds. The van der Waals surface area contributed by atoms with E-state index >= 15 is 0 Å². The molecule has 0 aromatic carbocycles. The Morgan fingerprint density at radius 1 is 0.649 bits per heavy atom. The zero-order valence-electron chi connectivity index (χ0n) is 20.9. The molecule has 0 spiro atoms. The van der Waals surface area contributed by atoms with Crippen molar-refractivity contribution < 1.29 is 39.6 Å². The first kappa shape index (κ1) is 31.8. The quantitative estimate of drug-likeness (QED) is 0.0978. The second kappa shape index (κ2) is 15.8. The molecule has 0 bridgehead atoms. The van der Waals surface area contributed by atoms with E-state index in [1.807, 2.05) is 22.3 Å². The predicted molar refractivity (Wildman–Crippen MR) is 134 cm³/mol. The highest BCUT2D eigenvalue weighted by Gasteiger charge is 2.24. The fourth-order valence-electron chi connectivity index (χ4n) is 3.77. The summed E-state index contributed by atoms with van der Waals surface area (Å²) in [5, 5.41) is 40.2. The van der Waals surface area contributed by atoms with Crippen LogP contribution in [-0.4, -0.2) is 91.6 Å². The lowest BCUT2D eigenvalue weighted by Crippen LogP contribution is -2.43. The monoisotopic (exact) mass is 528 g/mol. The van der Waals surface area contributed by atoms with Crippen LogP contribution in [0.2, 0.25) is 0 Å². The fourth-order valence-corrected chi connectivity index (χ4v) is 3.77. The second-order valence-electron chi connectivity index (χ2n) is 9.12. The average molecular weight is 529 g/mol. The van der Waals surface area contributed by atoms with Gasteiger partial charge < -0.3 is 43.4 Å². The zero-order chi connectivity index (χ0) is 28.1. The summed E-state index contributed by atoms with van der Waals surface area (Å²) in [6, 6.07) is -4.11. The van der Waals surface area contributed by atoms with E-state index in [0.29, 0.717) is 45.2 Å². The van der Waals surface area contributed by atoms with Crippen molar-refractivity contribution in [2.24, 2.45) is 22.9 Å². The topological polar surface area (TPSA) is 260 Å². The van der Waals surface area contributed by atoms with Gasteiger partial charge in [0.25, 0.3) is 0 Å². The summed E-state index contributed by atoms with van der Waals surface area (Å²) in [4.78, 5) is 44.5. The third kappa shape index (κ3) is 11.6. The fraction of sp³-hybridized carbons (Fsp3) is 0.652. The number of aliphatic carboxylic acids is 4. The number of allylic oxidation sites excluding steroid dienone is 3. The minimum Gasteiger partial charge on any atom is -0.480 e. The van der Waals surface area contributed by atoms with Crippen LogP contribution in [0.4, 0.5) is 0 Å². The van der Waals surface area contributed by atoms with Gasteiger partial charge in [-0.05, 0) is 69.4 Å². The third-order valence-electron chi connectivity index (χ3n) is 6.07. The van der Waals surface area contributed by atoms with Crippen LogP contribution >= 0.6 is 0 Å². The van der Waals surface area contributed by atoms with Crippen LogP contribution in [0.5, 0.6) is 0 Å². The lowest BCUT2D eigenvalue weighted by Gasteiger charge is -2.41. The number of hydrogen-bond acceptors (Lipinski definition) is 10. The van der Waals surface area contributed by atoms with E-state index in [2.05, 4.69) is 0 Å². The summed E-state index contributed by atoms with van der Waals surface area (Å²) in [5.41, 5.74) is 24.1. The molecule has 1 aliphatic rings. The first-order valence-corrected chi connectivity index (χ1v) is 12.2. The summed E-state index contributed by atoms with van der Waals surface area (Å²) >= 11 is 0. The summed E-state index contributed by atoms with van der Waals surface area (Å²) in [7, 11) is 0. The van der Waals surface area contributed by atoms with Crippen molar-refractivity contribution in [2.75, 3.05) is 13.1 Å². The maximum absolute atomic E-state index is 11.2. The molecule has 0 saturated heterocycles. The number of hydrogen-bond donors (Lipinski definition) is 8. The molecule has 14 nitrogen and oxygen atoms in total. The van der Waals surface area contributed by atoms with Gasteiger partial charge in [0, 0.05) is 25.0 Å². The van der Waals surface area contributed by atoms with Gasteiger partial charge in [-0.15, -0.1) is 0 Å². The number of nitrogens with zero attached hydrogens (tertiary/aromatic N) is 2. The predicted octanol–water partition coefficient (Wildman–Crippen LogP) is -0.555. The number of carboxylic acid groups (broad SMARTS) is 4. The van der Waals surface area contributed by atoms with Gasteiger partial charge in [-0.3, -0.25) is 29.2 Å². The van der Waals surface area contributed by atoms with E-state index in [0.717, 1.165) is 11.3 Å². The molecule has 0 aliphatic carbocycles. The molecule has 0 aromatic heterocycles. The molecule has 0 radical (unpaired) electrons. The Morgan fingerprint density at radius 2 is 1.11 bits per heavy atom. The minimum absolute atomic E-state index is 0.148. The minimum atomic E-state index is -1.13.